The molecule has 0 spiro atoms. The summed E-state index contributed by atoms with van der Waals surface area (Å²) in [6, 6.07) is 63.6. The number of fused-ring (bicyclic) bond motifs is 9. The minimum Gasteiger partial charge on any atom is -0.309 e. The molecule has 0 bridgehead atoms. The van der Waals surface area contributed by atoms with Crippen LogP contribution >= 0.6 is 11.3 Å². The molecule has 11 rings (SSSR count). The van der Waals surface area contributed by atoms with Crippen LogP contribution in [-0.4, -0.2) is 0 Å². The fraction of sp³-hybridized carbons (Fsp3) is 0.172. The van der Waals surface area contributed by atoms with Crippen LogP contribution in [0.2, 0.25) is 0 Å². The van der Waals surface area contributed by atoms with Gasteiger partial charge in [-0.05, 0) is 103 Å². The van der Waals surface area contributed by atoms with Crippen LogP contribution in [0, 0.1) is 0 Å². The maximum Gasteiger partial charge on any atom is 0.0556 e. The fourth-order valence-electron chi connectivity index (χ4n) is 10.9. The Morgan fingerprint density at radius 3 is 1.60 bits per heavy atom. The Balaban J connectivity index is 1.34. The van der Waals surface area contributed by atoms with Crippen LogP contribution in [0.3, 0.4) is 0 Å². The molecule has 1 heterocycles. The second-order valence-electron chi connectivity index (χ2n) is 18.9. The summed E-state index contributed by atoms with van der Waals surface area (Å²) in [6.07, 6.45) is 0. The molecule has 0 radical (unpaired) electrons. The summed E-state index contributed by atoms with van der Waals surface area (Å²) in [4.78, 5) is 2.69. The molecule has 0 fully saturated rings. The molecule has 60 heavy (non-hydrogen) atoms. The van der Waals surface area contributed by atoms with Crippen molar-refractivity contribution in [1.82, 2.24) is 0 Å². The van der Waals surface area contributed by atoms with Gasteiger partial charge in [0.1, 0.15) is 0 Å². The van der Waals surface area contributed by atoms with E-state index in [1.165, 1.54) is 110 Å². The Bertz CT molecular complexity index is 3090. The van der Waals surface area contributed by atoms with Gasteiger partial charge in [-0.3, -0.25) is 0 Å². The van der Waals surface area contributed by atoms with Crippen molar-refractivity contribution in [3.63, 3.8) is 0 Å². The quantitative estimate of drug-likeness (QED) is 0.168. The molecule has 0 atom stereocenters. The molecule has 0 amide bonds. The van der Waals surface area contributed by atoms with E-state index in [1.807, 2.05) is 11.3 Å². The normalized spacial score (nSPS) is 14.5. The van der Waals surface area contributed by atoms with Crippen molar-refractivity contribution in [1.29, 1.82) is 0 Å². The first-order valence-corrected chi connectivity index (χ1v) is 22.2. The van der Waals surface area contributed by atoms with E-state index in [0.717, 1.165) is 0 Å². The van der Waals surface area contributed by atoms with Crippen LogP contribution in [0.15, 0.2) is 170 Å². The van der Waals surface area contributed by atoms with E-state index in [1.54, 1.807) is 0 Å². The molecule has 1 aromatic heterocycles. The molecular weight excluding hydrogens is 743 g/mol. The van der Waals surface area contributed by atoms with Crippen LogP contribution in [0.25, 0.3) is 64.7 Å². The lowest BCUT2D eigenvalue weighted by Gasteiger charge is -2.40. The highest BCUT2D eigenvalue weighted by molar-refractivity contribution is 7.25. The molecule has 0 N–H and O–H groups in total. The molecule has 292 valence electrons. The second kappa shape index (κ2) is 13.1. The maximum absolute atomic E-state index is 2.69. The van der Waals surface area contributed by atoms with Gasteiger partial charge in [-0.2, -0.15) is 0 Å². The second-order valence-corrected chi connectivity index (χ2v) is 20.0. The highest BCUT2D eigenvalue weighted by Gasteiger charge is 2.50. The average molecular weight is 792 g/mol. The smallest absolute Gasteiger partial charge is 0.0556 e. The van der Waals surface area contributed by atoms with Crippen molar-refractivity contribution >= 4 is 48.6 Å². The van der Waals surface area contributed by atoms with E-state index >= 15 is 0 Å². The molecule has 2 aliphatic rings. The number of benzene rings is 8. The van der Waals surface area contributed by atoms with E-state index < -0.39 is 0 Å². The van der Waals surface area contributed by atoms with Gasteiger partial charge in [0.15, 0.2) is 0 Å². The highest BCUT2D eigenvalue weighted by atomic mass is 32.1. The monoisotopic (exact) mass is 791 g/mol. The molecule has 0 unspecified atom stereocenters. The van der Waals surface area contributed by atoms with Crippen molar-refractivity contribution in [3.05, 3.63) is 198 Å². The lowest BCUT2D eigenvalue weighted by Crippen LogP contribution is -2.28. The average Bonchev–Trinajstić information content (AvgIpc) is 3.83. The van der Waals surface area contributed by atoms with E-state index in [0.29, 0.717) is 0 Å². The SMILES string of the molecule is CC(C)(C)c1c2c(c(N(c3ccc4c(c3)sc3ccccc34)c3ccc(-c4ccccc4)cc3-c3ccccc3)c3c1-c1ccccc1C3(C)C)C(C)(C)c1ccccc1-2. The first kappa shape index (κ1) is 36.8. The third-order valence-electron chi connectivity index (χ3n) is 13.5. The lowest BCUT2D eigenvalue weighted by atomic mass is 9.70. The number of rotatable bonds is 5. The maximum atomic E-state index is 2.69. The van der Waals surface area contributed by atoms with Crippen LogP contribution in [0.4, 0.5) is 17.1 Å². The molecule has 0 aliphatic heterocycles. The first-order valence-electron chi connectivity index (χ1n) is 21.4. The molecule has 8 aromatic carbocycles. The van der Waals surface area contributed by atoms with Crippen molar-refractivity contribution in [2.45, 2.75) is 64.7 Å². The molecule has 2 aliphatic carbocycles. The molecule has 0 saturated carbocycles. The van der Waals surface area contributed by atoms with Crippen LogP contribution < -0.4 is 4.90 Å². The van der Waals surface area contributed by atoms with Crippen molar-refractivity contribution in [2.75, 3.05) is 4.90 Å². The largest absolute Gasteiger partial charge is 0.309 e. The Morgan fingerprint density at radius 1 is 0.450 bits per heavy atom. The Hall–Kier alpha value is -6.22. The topological polar surface area (TPSA) is 3.24 Å². The molecule has 0 saturated heterocycles. The Kier molecular flexibility index (Phi) is 8.07. The van der Waals surface area contributed by atoms with E-state index in [-0.39, 0.29) is 16.2 Å². The number of nitrogens with zero attached hydrogens (tertiary/aromatic N) is 1. The van der Waals surface area contributed by atoms with Gasteiger partial charge in [-0.1, -0.05) is 188 Å². The van der Waals surface area contributed by atoms with E-state index in [2.05, 4.69) is 223 Å². The summed E-state index contributed by atoms with van der Waals surface area (Å²) >= 11 is 1.89. The van der Waals surface area contributed by atoms with Crippen LogP contribution in [0.1, 0.15) is 76.3 Å². The zero-order chi connectivity index (χ0) is 41.1. The van der Waals surface area contributed by atoms with E-state index in [9.17, 15) is 0 Å². The van der Waals surface area contributed by atoms with Crippen LogP contribution in [0.5, 0.6) is 0 Å². The van der Waals surface area contributed by atoms with Gasteiger partial charge in [-0.25, -0.2) is 0 Å². The standard InChI is InChI=1S/C58H49NS/c1-56(2,3)52-50-42-25-14-17-27-45(42)57(4,5)53(50)55(54-51(52)43-26-15-18-28-46(43)58(54,6)7)59(39-31-32-41-40-24-16-19-29-48(40)60-49(41)35-39)47-33-30-38(36-20-10-8-11-21-36)34-44(47)37-22-12-9-13-23-37/h8-35H,1-7H3. The summed E-state index contributed by atoms with van der Waals surface area (Å²) in [7, 11) is 0. The Morgan fingerprint density at radius 2 is 0.983 bits per heavy atom. The molecule has 9 aromatic rings. The predicted molar refractivity (Wildman–Crippen MR) is 259 cm³/mol. The van der Waals surface area contributed by atoms with Gasteiger partial charge in [0.25, 0.3) is 0 Å². The highest BCUT2D eigenvalue weighted by Crippen LogP contribution is 2.66. The van der Waals surface area contributed by atoms with Gasteiger partial charge >= 0.3 is 0 Å². The van der Waals surface area contributed by atoms with Gasteiger partial charge in [0.05, 0.1) is 11.4 Å². The van der Waals surface area contributed by atoms with Crippen LogP contribution in [-0.2, 0) is 16.2 Å². The number of thiophene rings is 1. The zero-order valence-corrected chi connectivity index (χ0v) is 36.3. The molecule has 2 heteroatoms. The molecular formula is C58H49NS. The lowest BCUT2D eigenvalue weighted by molar-refractivity contribution is 0.587. The fourth-order valence-corrected chi connectivity index (χ4v) is 12.0. The summed E-state index contributed by atoms with van der Waals surface area (Å²) in [5.74, 6) is 0. The summed E-state index contributed by atoms with van der Waals surface area (Å²) in [6.45, 7) is 17.2. The van der Waals surface area contributed by atoms with Crippen molar-refractivity contribution in [3.8, 4) is 44.5 Å². The van der Waals surface area contributed by atoms with Gasteiger partial charge in [-0.15, -0.1) is 11.3 Å². The number of hydrogen-bond acceptors (Lipinski definition) is 2. The van der Waals surface area contributed by atoms with Gasteiger partial charge in [0, 0.05) is 42.3 Å². The third kappa shape index (κ3) is 5.30. The minimum absolute atomic E-state index is 0.138. The van der Waals surface area contributed by atoms with Gasteiger partial charge in [0.2, 0.25) is 0 Å². The third-order valence-corrected chi connectivity index (χ3v) is 14.6. The van der Waals surface area contributed by atoms with Gasteiger partial charge < -0.3 is 4.90 Å². The number of anilines is 3. The first-order chi connectivity index (χ1) is 28.9. The van der Waals surface area contributed by atoms with Crippen molar-refractivity contribution in [2.24, 2.45) is 0 Å². The summed E-state index contributed by atoms with van der Waals surface area (Å²) in [5.41, 5.74) is 20.3. The summed E-state index contributed by atoms with van der Waals surface area (Å²) in [5, 5.41) is 2.62. The molecule has 1 nitrogen and oxygen atoms in total. The minimum atomic E-state index is -0.294. The Labute approximate surface area is 358 Å². The van der Waals surface area contributed by atoms with Crippen molar-refractivity contribution < 1.29 is 0 Å². The predicted octanol–water partition coefficient (Wildman–Crippen LogP) is 16.8. The zero-order valence-electron chi connectivity index (χ0n) is 35.5. The summed E-state index contributed by atoms with van der Waals surface area (Å²) < 4.78 is 2.61. The number of hydrogen-bond donors (Lipinski definition) is 0. The van der Waals surface area contributed by atoms with E-state index in [4.69, 9.17) is 0 Å².